The molecule has 0 aromatic heterocycles. The van der Waals surface area contributed by atoms with Gasteiger partial charge in [0.25, 0.3) is 0 Å². The fraction of sp³-hybridized carbons (Fsp3) is 0.667. The van der Waals surface area contributed by atoms with Crippen molar-refractivity contribution in [1.29, 1.82) is 0 Å². The molecule has 0 fully saturated rings. The maximum atomic E-state index is 8.76. The lowest BCUT2D eigenvalue weighted by Gasteiger charge is -2.09. The third-order valence-electron chi connectivity index (χ3n) is 0.869. The van der Waals surface area contributed by atoms with Gasteiger partial charge < -0.3 is 0 Å². The molecule has 3 N–H and O–H groups in total. The minimum absolute atomic E-state index is 0.500. The van der Waals surface area contributed by atoms with E-state index in [0.717, 1.165) is 0 Å². The molecule has 1 aliphatic heterocycles. The summed E-state index contributed by atoms with van der Waals surface area (Å²) < 4.78 is -0.542. The van der Waals surface area contributed by atoms with Gasteiger partial charge in [0, 0.05) is 0 Å². The summed E-state index contributed by atoms with van der Waals surface area (Å²) in [5.74, 6) is 5.12. The third kappa shape index (κ3) is 0.957. The number of quaternary nitrogens is 1. The van der Waals surface area contributed by atoms with Gasteiger partial charge in [-0.3, -0.25) is 0 Å². The van der Waals surface area contributed by atoms with Crippen LogP contribution < -0.4 is 5.84 Å². The van der Waals surface area contributed by atoms with Gasteiger partial charge >= 0.3 is 0 Å². The molecule has 40 valence electrons. The van der Waals surface area contributed by atoms with Gasteiger partial charge in [0.05, 0.1) is 6.54 Å². The Labute approximate surface area is 41.4 Å². The van der Waals surface area contributed by atoms with E-state index in [1.54, 1.807) is 0 Å². The quantitative estimate of drug-likeness (QED) is 0.308. The summed E-state index contributed by atoms with van der Waals surface area (Å²) in [7, 11) is 0. The van der Waals surface area contributed by atoms with Crippen molar-refractivity contribution in [2.45, 2.75) is 0 Å². The lowest BCUT2D eigenvalue weighted by atomic mass is 10.7. The van der Waals surface area contributed by atoms with E-state index in [4.69, 9.17) is 11.0 Å². The zero-order valence-electron chi connectivity index (χ0n) is 3.91. The van der Waals surface area contributed by atoms with Crippen LogP contribution >= 0.6 is 0 Å². The molecule has 0 bridgehead atoms. The zero-order chi connectivity index (χ0) is 5.33. The van der Waals surface area contributed by atoms with Crippen molar-refractivity contribution >= 4 is 6.34 Å². The van der Waals surface area contributed by atoms with Crippen molar-refractivity contribution in [2.24, 2.45) is 10.8 Å². The van der Waals surface area contributed by atoms with Gasteiger partial charge in [-0.05, 0) is 0 Å². The normalized spacial score (nSPS) is 39.7. The number of nitrogens with zero attached hydrogens (tertiary/aromatic N) is 2. The average molecular weight is 102 g/mol. The largest absolute Gasteiger partial charge is 0.238 e. The number of nitrogens with two attached hydrogens (primary N) is 1. The highest BCUT2D eigenvalue weighted by molar-refractivity contribution is 5.46. The van der Waals surface area contributed by atoms with Crippen molar-refractivity contribution in [3.63, 3.8) is 0 Å². The fourth-order valence-electron chi connectivity index (χ4n) is 0.475. The summed E-state index contributed by atoms with van der Waals surface area (Å²) in [5, 5.41) is 8.76. The summed E-state index contributed by atoms with van der Waals surface area (Å²) in [5.41, 5.74) is 0. The Kier molecular flexibility index (Phi) is 0.846. The van der Waals surface area contributed by atoms with Crippen LogP contribution in [0.5, 0.6) is 0 Å². The number of aliphatic imine (C=N–C) groups is 1. The molecular formula is C3H8N3O+. The first-order valence-electron chi connectivity index (χ1n) is 2.11. The number of hydrogen-bond donors (Lipinski definition) is 2. The van der Waals surface area contributed by atoms with Crippen LogP contribution in [0.25, 0.3) is 0 Å². The molecule has 7 heavy (non-hydrogen) atoms. The maximum absolute atomic E-state index is 8.76. The van der Waals surface area contributed by atoms with Crippen LogP contribution in [-0.4, -0.2) is 29.4 Å². The summed E-state index contributed by atoms with van der Waals surface area (Å²) in [4.78, 5) is 3.71. The van der Waals surface area contributed by atoms with Crippen LogP contribution in [0.3, 0.4) is 0 Å². The van der Waals surface area contributed by atoms with Crippen molar-refractivity contribution in [1.82, 2.24) is 0 Å². The molecule has 0 aliphatic carbocycles. The van der Waals surface area contributed by atoms with Crippen LogP contribution in [-0.2, 0) is 0 Å². The Morgan fingerprint density at radius 2 is 2.57 bits per heavy atom. The maximum Gasteiger partial charge on any atom is 0.238 e. The highest BCUT2D eigenvalue weighted by Crippen LogP contribution is 1.92. The Hall–Kier alpha value is -0.450. The van der Waals surface area contributed by atoms with Gasteiger partial charge in [-0.15, -0.1) is 5.84 Å². The smallest absolute Gasteiger partial charge is 0.231 e. The SMILES string of the molecule is N[N+]1(O)C=NCC1. The van der Waals surface area contributed by atoms with Crippen molar-refractivity contribution in [2.75, 3.05) is 13.1 Å². The van der Waals surface area contributed by atoms with Crippen LogP contribution in [0.2, 0.25) is 0 Å². The van der Waals surface area contributed by atoms with E-state index in [9.17, 15) is 0 Å². The van der Waals surface area contributed by atoms with Crippen LogP contribution in [0.15, 0.2) is 4.99 Å². The molecule has 1 atom stereocenters. The van der Waals surface area contributed by atoms with Crippen molar-refractivity contribution in [3.05, 3.63) is 0 Å². The summed E-state index contributed by atoms with van der Waals surface area (Å²) in [6.07, 6.45) is 1.32. The summed E-state index contributed by atoms with van der Waals surface area (Å²) >= 11 is 0. The molecule has 1 unspecified atom stereocenters. The van der Waals surface area contributed by atoms with E-state index >= 15 is 0 Å². The number of hydroxylamine groups is 2. The summed E-state index contributed by atoms with van der Waals surface area (Å²) in [6, 6.07) is 0. The Balaban J connectivity index is 2.57. The van der Waals surface area contributed by atoms with Crippen LogP contribution in [0.4, 0.5) is 0 Å². The summed E-state index contributed by atoms with van der Waals surface area (Å²) in [6.45, 7) is 1.13. The molecular weight excluding hydrogens is 94.1 g/mol. The van der Waals surface area contributed by atoms with Crippen LogP contribution in [0, 0.1) is 0 Å². The van der Waals surface area contributed by atoms with E-state index < -0.39 is 4.76 Å². The molecule has 4 nitrogen and oxygen atoms in total. The fourth-order valence-corrected chi connectivity index (χ4v) is 0.475. The van der Waals surface area contributed by atoms with Gasteiger partial charge in [-0.1, -0.05) is 4.76 Å². The molecule has 1 aliphatic rings. The van der Waals surface area contributed by atoms with E-state index in [2.05, 4.69) is 4.99 Å². The van der Waals surface area contributed by atoms with Crippen LogP contribution in [0.1, 0.15) is 0 Å². The van der Waals surface area contributed by atoms with Gasteiger partial charge in [-0.25, -0.2) is 4.99 Å². The van der Waals surface area contributed by atoms with Gasteiger partial charge in [0.15, 0.2) is 6.54 Å². The highest BCUT2D eigenvalue weighted by Gasteiger charge is 2.21. The standard InChI is InChI=1S/C3H8N3O/c4-6(7)2-1-5-3-6/h3,7H,1-2,4H2/q+1. The van der Waals surface area contributed by atoms with E-state index in [0.29, 0.717) is 13.1 Å². The predicted molar refractivity (Wildman–Crippen MR) is 24.5 cm³/mol. The molecule has 0 spiro atoms. The number of rotatable bonds is 0. The Bertz CT molecular complexity index is 98.4. The van der Waals surface area contributed by atoms with E-state index in [1.807, 2.05) is 0 Å². The monoisotopic (exact) mass is 102 g/mol. The first-order chi connectivity index (χ1) is 3.21. The highest BCUT2D eigenvalue weighted by atomic mass is 16.6. The predicted octanol–water partition coefficient (Wildman–Crippen LogP) is -0.892. The Morgan fingerprint density at radius 1 is 1.86 bits per heavy atom. The van der Waals surface area contributed by atoms with E-state index in [1.165, 1.54) is 6.34 Å². The van der Waals surface area contributed by atoms with Crippen molar-refractivity contribution < 1.29 is 9.96 Å². The zero-order valence-corrected chi connectivity index (χ0v) is 3.91. The molecule has 0 saturated carbocycles. The topological polar surface area (TPSA) is 58.6 Å². The lowest BCUT2D eigenvalue weighted by molar-refractivity contribution is -1.03. The molecule has 4 heteroatoms. The minimum Gasteiger partial charge on any atom is -0.231 e. The molecule has 1 heterocycles. The second kappa shape index (κ2) is 1.26. The Morgan fingerprint density at radius 3 is 2.71 bits per heavy atom. The molecule has 0 radical (unpaired) electrons. The second-order valence-electron chi connectivity index (χ2n) is 1.63. The molecule has 0 aromatic rings. The van der Waals surface area contributed by atoms with Gasteiger partial charge in [-0.2, -0.15) is 5.21 Å². The van der Waals surface area contributed by atoms with Crippen molar-refractivity contribution in [3.8, 4) is 0 Å². The first kappa shape index (κ1) is 4.70. The first-order valence-corrected chi connectivity index (χ1v) is 2.11. The minimum atomic E-state index is -0.542. The lowest BCUT2D eigenvalue weighted by Crippen LogP contribution is -2.48. The molecule has 0 amide bonds. The molecule has 0 saturated heterocycles. The number of hydrogen-bond acceptors (Lipinski definition) is 3. The van der Waals surface area contributed by atoms with E-state index in [-0.39, 0.29) is 0 Å². The third-order valence-corrected chi connectivity index (χ3v) is 0.869. The molecule has 0 aromatic carbocycles. The average Bonchev–Trinajstić information content (AvgIpc) is 1.84. The second-order valence-corrected chi connectivity index (χ2v) is 1.63. The molecule has 1 rings (SSSR count). The van der Waals surface area contributed by atoms with Gasteiger partial charge in [0.2, 0.25) is 6.34 Å². The van der Waals surface area contributed by atoms with Gasteiger partial charge in [0.1, 0.15) is 0 Å².